The van der Waals surface area contributed by atoms with Crippen LogP contribution in [0.5, 0.6) is 0 Å². The van der Waals surface area contributed by atoms with Gasteiger partial charge < -0.3 is 14.8 Å². The molecule has 1 N–H and O–H groups in total. The monoisotopic (exact) mass is 243 g/mol. The highest BCUT2D eigenvalue weighted by atomic mass is 16.5. The van der Waals surface area contributed by atoms with Crippen molar-refractivity contribution in [3.05, 3.63) is 0 Å². The van der Waals surface area contributed by atoms with Crippen LogP contribution in [0.2, 0.25) is 0 Å². The molecule has 0 aromatic carbocycles. The Morgan fingerprint density at radius 1 is 1.29 bits per heavy atom. The molecule has 0 saturated carbocycles. The van der Waals surface area contributed by atoms with Crippen LogP contribution in [0.3, 0.4) is 0 Å². The fraction of sp³-hybridized carbons (Fsp3) is 0.833. The van der Waals surface area contributed by atoms with Crippen LogP contribution < -0.4 is 5.32 Å². The Morgan fingerprint density at radius 3 is 2.24 bits per heavy atom. The van der Waals surface area contributed by atoms with Crippen molar-refractivity contribution in [2.24, 2.45) is 5.92 Å². The standard InChI is InChI=1S/C12H21NO4/c1-7-5-10(6-8(2)17-7)11(9(3)14)13-12(15)16-4/h7-8,10-11H,5-6H2,1-4H3,(H,13,15). The van der Waals surface area contributed by atoms with Crippen molar-refractivity contribution in [3.63, 3.8) is 0 Å². The fourth-order valence-electron chi connectivity index (χ4n) is 2.47. The van der Waals surface area contributed by atoms with Gasteiger partial charge in [0.25, 0.3) is 0 Å². The maximum Gasteiger partial charge on any atom is 0.407 e. The Morgan fingerprint density at radius 2 is 1.82 bits per heavy atom. The largest absolute Gasteiger partial charge is 0.453 e. The molecule has 1 amide bonds. The lowest BCUT2D eigenvalue weighted by atomic mass is 9.84. The van der Waals surface area contributed by atoms with Crippen LogP contribution in [0.1, 0.15) is 33.6 Å². The van der Waals surface area contributed by atoms with E-state index >= 15 is 0 Å². The molecular weight excluding hydrogens is 222 g/mol. The first-order chi connectivity index (χ1) is 7.93. The van der Waals surface area contributed by atoms with E-state index in [-0.39, 0.29) is 23.9 Å². The molecular formula is C12H21NO4. The first kappa shape index (κ1) is 14.0. The van der Waals surface area contributed by atoms with Crippen molar-refractivity contribution in [1.29, 1.82) is 0 Å². The fourth-order valence-corrected chi connectivity index (χ4v) is 2.47. The number of Topliss-reactive ketones (excluding diaryl/α,β-unsaturated/α-hetero) is 1. The van der Waals surface area contributed by atoms with Crippen molar-refractivity contribution in [3.8, 4) is 0 Å². The van der Waals surface area contributed by atoms with E-state index in [2.05, 4.69) is 10.1 Å². The third kappa shape index (κ3) is 4.00. The summed E-state index contributed by atoms with van der Waals surface area (Å²) in [5, 5.41) is 2.61. The van der Waals surface area contributed by atoms with Gasteiger partial charge in [-0.2, -0.15) is 0 Å². The van der Waals surface area contributed by atoms with Crippen molar-refractivity contribution in [1.82, 2.24) is 5.32 Å². The zero-order valence-corrected chi connectivity index (χ0v) is 10.9. The van der Waals surface area contributed by atoms with E-state index in [1.54, 1.807) is 0 Å². The molecule has 1 saturated heterocycles. The maximum absolute atomic E-state index is 11.6. The number of amides is 1. The van der Waals surface area contributed by atoms with E-state index in [1.165, 1.54) is 14.0 Å². The van der Waals surface area contributed by atoms with E-state index in [1.807, 2.05) is 13.8 Å². The van der Waals surface area contributed by atoms with Crippen LogP contribution in [0.25, 0.3) is 0 Å². The van der Waals surface area contributed by atoms with Crippen LogP contribution in [-0.4, -0.2) is 37.2 Å². The van der Waals surface area contributed by atoms with E-state index in [0.717, 1.165) is 12.8 Å². The van der Waals surface area contributed by atoms with E-state index in [0.29, 0.717) is 0 Å². The van der Waals surface area contributed by atoms with Gasteiger partial charge in [-0.05, 0) is 39.5 Å². The molecule has 3 unspecified atom stereocenters. The summed E-state index contributed by atoms with van der Waals surface area (Å²) < 4.78 is 10.2. The second-order valence-electron chi connectivity index (χ2n) is 4.71. The SMILES string of the molecule is COC(=O)NC(C(C)=O)C1CC(C)OC(C)C1. The average Bonchev–Trinajstić information content (AvgIpc) is 2.23. The highest BCUT2D eigenvalue weighted by Crippen LogP contribution is 2.27. The third-order valence-corrected chi connectivity index (χ3v) is 3.10. The lowest BCUT2D eigenvalue weighted by Gasteiger charge is -2.35. The van der Waals surface area contributed by atoms with Crippen molar-refractivity contribution < 1.29 is 19.1 Å². The first-order valence-corrected chi connectivity index (χ1v) is 5.94. The number of rotatable bonds is 3. The predicted octanol–water partition coefficient (Wildman–Crippen LogP) is 1.50. The van der Waals surface area contributed by atoms with Gasteiger partial charge in [0.05, 0.1) is 25.4 Å². The summed E-state index contributed by atoms with van der Waals surface area (Å²) in [6, 6.07) is -0.476. The highest BCUT2D eigenvalue weighted by molar-refractivity contribution is 5.85. The molecule has 98 valence electrons. The summed E-state index contributed by atoms with van der Waals surface area (Å²) in [5.41, 5.74) is 0. The van der Waals surface area contributed by atoms with Gasteiger partial charge in [-0.15, -0.1) is 0 Å². The normalized spacial score (nSPS) is 30.5. The van der Waals surface area contributed by atoms with Crippen molar-refractivity contribution in [2.45, 2.75) is 51.9 Å². The molecule has 0 radical (unpaired) electrons. The van der Waals surface area contributed by atoms with Gasteiger partial charge in [0, 0.05) is 0 Å². The molecule has 1 rings (SSSR count). The van der Waals surface area contributed by atoms with Gasteiger partial charge in [-0.3, -0.25) is 4.79 Å². The van der Waals surface area contributed by atoms with Crippen LogP contribution >= 0.6 is 0 Å². The summed E-state index contributed by atoms with van der Waals surface area (Å²) in [5.74, 6) is 0.0760. The van der Waals surface area contributed by atoms with Crippen molar-refractivity contribution in [2.75, 3.05) is 7.11 Å². The summed E-state index contributed by atoms with van der Waals surface area (Å²) in [7, 11) is 1.29. The minimum Gasteiger partial charge on any atom is -0.453 e. The number of nitrogens with one attached hydrogen (secondary N) is 1. The molecule has 0 aromatic heterocycles. The minimum absolute atomic E-state index is 0.0401. The molecule has 17 heavy (non-hydrogen) atoms. The molecule has 3 atom stereocenters. The zero-order valence-electron chi connectivity index (χ0n) is 10.9. The molecule has 1 aliphatic rings. The lowest BCUT2D eigenvalue weighted by Crippen LogP contribution is -2.48. The Balaban J connectivity index is 2.69. The minimum atomic E-state index is -0.558. The van der Waals surface area contributed by atoms with Crippen LogP contribution in [0, 0.1) is 5.92 Å². The Labute approximate surface area is 102 Å². The molecule has 0 bridgehead atoms. The second-order valence-corrected chi connectivity index (χ2v) is 4.71. The van der Waals surface area contributed by atoms with E-state index < -0.39 is 12.1 Å². The van der Waals surface area contributed by atoms with Gasteiger partial charge in [-0.1, -0.05) is 0 Å². The number of carbonyl (C=O) groups excluding carboxylic acids is 2. The molecule has 0 aliphatic carbocycles. The summed E-state index contributed by atoms with van der Waals surface area (Å²) in [4.78, 5) is 22.8. The first-order valence-electron chi connectivity index (χ1n) is 5.94. The lowest BCUT2D eigenvalue weighted by molar-refractivity contribution is -0.123. The van der Waals surface area contributed by atoms with E-state index in [4.69, 9.17) is 4.74 Å². The second kappa shape index (κ2) is 6.00. The van der Waals surface area contributed by atoms with E-state index in [9.17, 15) is 9.59 Å². The number of hydrogen-bond acceptors (Lipinski definition) is 4. The molecule has 5 heteroatoms. The summed E-state index contributed by atoms with van der Waals surface area (Å²) >= 11 is 0. The van der Waals surface area contributed by atoms with Gasteiger partial charge in [-0.25, -0.2) is 4.79 Å². The summed E-state index contributed by atoms with van der Waals surface area (Å²) in [6.45, 7) is 5.46. The van der Waals surface area contributed by atoms with Gasteiger partial charge in [0.1, 0.15) is 0 Å². The number of ketones is 1. The topological polar surface area (TPSA) is 64.6 Å². The van der Waals surface area contributed by atoms with Crippen LogP contribution in [-0.2, 0) is 14.3 Å². The number of alkyl carbamates (subject to hydrolysis) is 1. The molecule has 0 spiro atoms. The maximum atomic E-state index is 11.6. The quantitative estimate of drug-likeness (QED) is 0.816. The Kier molecular flexibility index (Phi) is 4.93. The number of hydrogen-bond donors (Lipinski definition) is 1. The average molecular weight is 243 g/mol. The third-order valence-electron chi connectivity index (χ3n) is 3.10. The van der Waals surface area contributed by atoms with Crippen LogP contribution in [0.15, 0.2) is 0 Å². The Bertz CT molecular complexity index is 282. The summed E-state index contributed by atoms with van der Waals surface area (Å²) in [6.07, 6.45) is 1.23. The van der Waals surface area contributed by atoms with Crippen molar-refractivity contribution >= 4 is 11.9 Å². The number of carbonyl (C=O) groups is 2. The van der Waals surface area contributed by atoms with Crippen LogP contribution in [0.4, 0.5) is 4.79 Å². The molecule has 1 aliphatic heterocycles. The Hall–Kier alpha value is -1.10. The predicted molar refractivity (Wildman–Crippen MR) is 62.7 cm³/mol. The molecule has 1 fully saturated rings. The van der Waals surface area contributed by atoms with Gasteiger partial charge in [0.2, 0.25) is 0 Å². The van der Waals surface area contributed by atoms with Gasteiger partial charge >= 0.3 is 6.09 Å². The molecule has 5 nitrogen and oxygen atoms in total. The smallest absolute Gasteiger partial charge is 0.407 e. The number of methoxy groups -OCH3 is 1. The molecule has 0 aromatic rings. The molecule has 1 heterocycles. The highest BCUT2D eigenvalue weighted by Gasteiger charge is 2.34. The van der Waals surface area contributed by atoms with Gasteiger partial charge in [0.15, 0.2) is 5.78 Å². The zero-order chi connectivity index (χ0) is 13.0. The number of ether oxygens (including phenoxy) is 2.